The number of carbonyl (C=O) groups is 1. The molecule has 0 saturated heterocycles. The number of carbonyl (C=O) groups excluding carboxylic acids is 1. The van der Waals surface area contributed by atoms with Crippen molar-refractivity contribution in [2.24, 2.45) is 5.73 Å². The number of benzene rings is 1. The van der Waals surface area contributed by atoms with E-state index in [1.807, 2.05) is 0 Å². The van der Waals surface area contributed by atoms with Crippen LogP contribution in [0.15, 0.2) is 18.2 Å². The Kier molecular flexibility index (Phi) is 6.48. The second-order valence-electron chi connectivity index (χ2n) is 3.52. The normalized spacial score (nSPS) is 12.5. The van der Waals surface area contributed by atoms with Gasteiger partial charge in [0.25, 0.3) is 0 Å². The first-order valence-corrected chi connectivity index (χ1v) is 5.47. The van der Waals surface area contributed by atoms with Gasteiger partial charge >= 0.3 is 11.9 Å². The molecule has 0 heterocycles. The molecule has 0 aromatic heterocycles. The summed E-state index contributed by atoms with van der Waals surface area (Å²) in [4.78, 5) is 11.1. The first-order valence-electron chi connectivity index (χ1n) is 5.09. The van der Waals surface area contributed by atoms with Crippen molar-refractivity contribution in [2.45, 2.75) is 18.9 Å². The van der Waals surface area contributed by atoms with Gasteiger partial charge in [-0.2, -0.15) is 8.78 Å². The minimum Gasteiger partial charge on any atom is -0.508 e. The highest BCUT2D eigenvalue weighted by atomic mass is 35.5. The van der Waals surface area contributed by atoms with E-state index in [1.54, 1.807) is 0 Å². The third-order valence-electron chi connectivity index (χ3n) is 2.26. The average molecular weight is 316 g/mol. The van der Waals surface area contributed by atoms with E-state index in [4.69, 9.17) is 17.3 Å². The first-order chi connectivity index (χ1) is 8.30. The summed E-state index contributed by atoms with van der Waals surface area (Å²) in [5.74, 6) is -6.15. The number of nitrogens with two attached hydrogens (primary N) is 1. The van der Waals surface area contributed by atoms with Gasteiger partial charge in [0, 0.05) is 10.6 Å². The van der Waals surface area contributed by atoms with Gasteiger partial charge in [-0.05, 0) is 25.1 Å². The Morgan fingerprint density at radius 1 is 1.58 bits per heavy atom. The lowest BCUT2D eigenvalue weighted by molar-refractivity contribution is -0.174. The number of halogens is 4. The molecule has 0 spiro atoms. The van der Waals surface area contributed by atoms with Gasteiger partial charge in [0.15, 0.2) is 0 Å². The number of hydrogen-bond acceptors (Lipinski definition) is 4. The van der Waals surface area contributed by atoms with Crippen molar-refractivity contribution in [2.75, 3.05) is 6.61 Å². The van der Waals surface area contributed by atoms with E-state index in [1.165, 1.54) is 13.0 Å². The van der Waals surface area contributed by atoms with Crippen LogP contribution in [-0.4, -0.2) is 23.6 Å². The van der Waals surface area contributed by atoms with Gasteiger partial charge in [-0.15, -0.1) is 12.4 Å². The second kappa shape index (κ2) is 6.88. The molecule has 0 bridgehead atoms. The van der Waals surface area contributed by atoms with Crippen LogP contribution in [0.1, 0.15) is 18.5 Å². The fourth-order valence-electron chi connectivity index (χ4n) is 1.32. The van der Waals surface area contributed by atoms with Crippen LogP contribution >= 0.6 is 24.0 Å². The number of phenols is 1. The molecular weight excluding hydrogens is 303 g/mol. The number of rotatable bonds is 4. The third kappa shape index (κ3) is 3.92. The van der Waals surface area contributed by atoms with Crippen molar-refractivity contribution >= 4 is 30.0 Å². The third-order valence-corrected chi connectivity index (χ3v) is 2.50. The number of aromatic hydroxyl groups is 1. The molecule has 0 aliphatic rings. The number of hydrogen-bond donors (Lipinski definition) is 2. The summed E-state index contributed by atoms with van der Waals surface area (Å²) in [6.45, 7) is 1.21. The van der Waals surface area contributed by atoms with Crippen LogP contribution < -0.4 is 5.73 Å². The van der Waals surface area contributed by atoms with Gasteiger partial charge in [0.1, 0.15) is 11.8 Å². The van der Waals surface area contributed by atoms with Gasteiger partial charge in [-0.25, -0.2) is 4.79 Å². The minimum atomic E-state index is -3.95. The Morgan fingerprint density at radius 2 is 2.16 bits per heavy atom. The van der Waals surface area contributed by atoms with E-state index in [0.29, 0.717) is 0 Å². The smallest absolute Gasteiger partial charge is 0.379 e. The van der Waals surface area contributed by atoms with Crippen molar-refractivity contribution in [3.05, 3.63) is 28.8 Å². The molecular formula is C11H13Cl2F2NO3. The largest absolute Gasteiger partial charge is 0.508 e. The van der Waals surface area contributed by atoms with Crippen LogP contribution in [0.2, 0.25) is 5.02 Å². The molecule has 1 aromatic rings. The Labute approximate surface area is 119 Å². The lowest BCUT2D eigenvalue weighted by Gasteiger charge is -2.22. The Hall–Kier alpha value is -1.11. The van der Waals surface area contributed by atoms with Crippen molar-refractivity contribution in [1.29, 1.82) is 0 Å². The molecule has 19 heavy (non-hydrogen) atoms. The molecule has 4 nitrogen and oxygen atoms in total. The van der Waals surface area contributed by atoms with E-state index < -0.39 is 23.7 Å². The molecule has 0 unspecified atom stereocenters. The van der Waals surface area contributed by atoms with E-state index in [0.717, 1.165) is 12.1 Å². The molecule has 1 atom stereocenters. The fourth-order valence-corrected chi connectivity index (χ4v) is 1.50. The summed E-state index contributed by atoms with van der Waals surface area (Å²) in [5, 5.41) is 9.58. The maximum absolute atomic E-state index is 13.6. The number of phenolic OH excluding ortho intramolecular Hbond substituents is 1. The maximum Gasteiger partial charge on any atom is 0.379 e. The number of esters is 1. The van der Waals surface area contributed by atoms with Gasteiger partial charge in [-0.3, -0.25) is 0 Å². The predicted octanol–water partition coefficient (Wildman–Crippen LogP) is 2.67. The van der Waals surface area contributed by atoms with Crippen LogP contribution in [0.25, 0.3) is 0 Å². The zero-order valence-corrected chi connectivity index (χ0v) is 11.5. The summed E-state index contributed by atoms with van der Waals surface area (Å²) in [6, 6.07) is 1.48. The summed E-state index contributed by atoms with van der Waals surface area (Å²) in [6.07, 6.45) is 0. The maximum atomic E-state index is 13.6. The van der Waals surface area contributed by atoms with Crippen LogP contribution in [-0.2, 0) is 9.53 Å². The molecule has 0 amide bonds. The van der Waals surface area contributed by atoms with E-state index in [9.17, 15) is 18.7 Å². The monoisotopic (exact) mass is 315 g/mol. The van der Waals surface area contributed by atoms with Crippen molar-refractivity contribution in [1.82, 2.24) is 0 Å². The van der Waals surface area contributed by atoms with Gasteiger partial charge in [0.2, 0.25) is 0 Å². The average Bonchev–Trinajstić information content (AvgIpc) is 2.31. The van der Waals surface area contributed by atoms with Crippen LogP contribution in [0.3, 0.4) is 0 Å². The van der Waals surface area contributed by atoms with E-state index in [-0.39, 0.29) is 29.6 Å². The molecule has 8 heteroatoms. The van der Waals surface area contributed by atoms with Gasteiger partial charge in [0.05, 0.1) is 6.61 Å². The molecule has 0 aliphatic heterocycles. The molecule has 1 aromatic carbocycles. The van der Waals surface area contributed by atoms with Crippen molar-refractivity contribution < 1.29 is 23.4 Å². The van der Waals surface area contributed by atoms with Gasteiger partial charge in [-0.1, -0.05) is 11.6 Å². The quantitative estimate of drug-likeness (QED) is 0.838. The second-order valence-corrected chi connectivity index (χ2v) is 3.96. The minimum absolute atomic E-state index is 0. The molecule has 1 rings (SSSR count). The highest BCUT2D eigenvalue weighted by molar-refractivity contribution is 6.30. The van der Waals surface area contributed by atoms with Crippen LogP contribution in [0, 0.1) is 0 Å². The molecule has 3 N–H and O–H groups in total. The lowest BCUT2D eigenvalue weighted by Crippen LogP contribution is -2.41. The van der Waals surface area contributed by atoms with Crippen LogP contribution in [0.4, 0.5) is 8.78 Å². The molecule has 108 valence electrons. The van der Waals surface area contributed by atoms with Crippen molar-refractivity contribution in [3.8, 4) is 5.75 Å². The van der Waals surface area contributed by atoms with E-state index in [2.05, 4.69) is 4.74 Å². The molecule has 0 radical (unpaired) electrons. The highest BCUT2D eigenvalue weighted by Gasteiger charge is 2.48. The summed E-state index contributed by atoms with van der Waals surface area (Å²) in [7, 11) is 0. The summed E-state index contributed by atoms with van der Waals surface area (Å²) in [5.41, 5.74) is 4.99. The SMILES string of the molecule is CCOC(=O)C(F)(F)[C@H](N)c1cc(Cl)ccc1O.Cl. The lowest BCUT2D eigenvalue weighted by atomic mass is 10.0. The summed E-state index contributed by atoms with van der Waals surface area (Å²) >= 11 is 5.62. The molecule has 0 saturated carbocycles. The van der Waals surface area contributed by atoms with Gasteiger partial charge < -0.3 is 15.6 Å². The first kappa shape index (κ1) is 17.9. The topological polar surface area (TPSA) is 72.5 Å². The van der Waals surface area contributed by atoms with E-state index >= 15 is 0 Å². The Bertz CT molecular complexity index is 458. The Balaban J connectivity index is 0.00000324. The fraction of sp³-hybridized carbons (Fsp3) is 0.364. The number of alkyl halides is 2. The molecule has 0 fully saturated rings. The Morgan fingerprint density at radius 3 is 2.68 bits per heavy atom. The zero-order valence-electron chi connectivity index (χ0n) is 9.90. The standard InChI is InChI=1S/C11H12ClF2NO3.ClH/c1-2-18-10(17)11(13,14)9(15)7-5-6(12)3-4-8(7)16;/h3-5,9,16H,2,15H2,1H3;1H/t9-;/m1./s1. The zero-order chi connectivity index (χ0) is 13.9. The predicted molar refractivity (Wildman–Crippen MR) is 68.9 cm³/mol. The number of ether oxygens (including phenoxy) is 1. The summed E-state index contributed by atoms with van der Waals surface area (Å²) < 4.78 is 31.5. The molecule has 0 aliphatic carbocycles. The van der Waals surface area contributed by atoms with Crippen molar-refractivity contribution in [3.63, 3.8) is 0 Å². The highest BCUT2D eigenvalue weighted by Crippen LogP contribution is 2.36. The van der Waals surface area contributed by atoms with Crippen LogP contribution in [0.5, 0.6) is 5.75 Å².